The van der Waals surface area contributed by atoms with Crippen LogP contribution in [0.15, 0.2) is 72.9 Å². The molecule has 1 amide bonds. The second kappa shape index (κ2) is 8.36. The maximum absolute atomic E-state index is 13.8. The van der Waals surface area contributed by atoms with E-state index < -0.39 is 0 Å². The summed E-state index contributed by atoms with van der Waals surface area (Å²) < 4.78 is 2.16. The lowest BCUT2D eigenvalue weighted by atomic mass is 10.00. The summed E-state index contributed by atoms with van der Waals surface area (Å²) in [6.07, 6.45) is 2.48. The van der Waals surface area contributed by atoms with Gasteiger partial charge in [0.1, 0.15) is 5.65 Å². The highest BCUT2D eigenvalue weighted by Crippen LogP contribution is 2.31. The monoisotopic (exact) mass is 410 g/mol. The smallest absolute Gasteiger partial charge is 0.256 e. The minimum Gasteiger partial charge on any atom is -0.336 e. The van der Waals surface area contributed by atoms with Crippen LogP contribution >= 0.6 is 0 Å². The maximum atomic E-state index is 13.8. The fraction of sp³-hybridized carbons (Fsp3) is 0.231. The van der Waals surface area contributed by atoms with E-state index in [9.17, 15) is 4.79 Å². The molecule has 0 saturated carbocycles. The van der Waals surface area contributed by atoms with Crippen LogP contribution in [0.25, 0.3) is 16.7 Å². The van der Waals surface area contributed by atoms with E-state index in [0.717, 1.165) is 54.2 Å². The number of carbonyl (C=O) groups is 1. The lowest BCUT2D eigenvalue weighted by molar-refractivity contribution is 0.0736. The summed E-state index contributed by atoms with van der Waals surface area (Å²) in [5.74, 6) is 0.0952. The van der Waals surface area contributed by atoms with Crippen molar-refractivity contribution < 1.29 is 4.79 Å². The highest BCUT2D eigenvalue weighted by atomic mass is 16.2. The average Bonchev–Trinajstić information content (AvgIpc) is 3.15. The summed E-state index contributed by atoms with van der Waals surface area (Å²) in [5, 5.41) is 4.26. The van der Waals surface area contributed by atoms with Gasteiger partial charge in [-0.3, -0.25) is 9.36 Å². The van der Waals surface area contributed by atoms with Gasteiger partial charge < -0.3 is 10.2 Å². The fourth-order valence-corrected chi connectivity index (χ4v) is 4.44. The van der Waals surface area contributed by atoms with Crippen molar-refractivity contribution >= 4 is 16.9 Å². The molecule has 1 fully saturated rings. The van der Waals surface area contributed by atoms with E-state index in [1.807, 2.05) is 35.2 Å². The molecule has 2 aromatic heterocycles. The summed E-state index contributed by atoms with van der Waals surface area (Å²) >= 11 is 0. The van der Waals surface area contributed by atoms with Crippen molar-refractivity contribution in [2.45, 2.75) is 13.3 Å². The second-order valence-electron chi connectivity index (χ2n) is 8.01. The van der Waals surface area contributed by atoms with Crippen LogP contribution in [0.3, 0.4) is 0 Å². The maximum Gasteiger partial charge on any atom is 0.256 e. The Kier molecular flexibility index (Phi) is 5.26. The van der Waals surface area contributed by atoms with Crippen LogP contribution < -0.4 is 5.32 Å². The predicted octanol–water partition coefficient (Wildman–Crippen LogP) is 3.97. The summed E-state index contributed by atoms with van der Waals surface area (Å²) in [4.78, 5) is 20.5. The van der Waals surface area contributed by atoms with Gasteiger partial charge in [-0.2, -0.15) is 0 Å². The van der Waals surface area contributed by atoms with Gasteiger partial charge in [0.25, 0.3) is 5.91 Å². The van der Waals surface area contributed by atoms with E-state index in [-0.39, 0.29) is 5.91 Å². The minimum atomic E-state index is 0.0952. The molecule has 0 radical (unpaired) electrons. The molecule has 5 nitrogen and oxygen atoms in total. The number of amides is 1. The molecule has 156 valence electrons. The third-order valence-corrected chi connectivity index (χ3v) is 6.08. The molecule has 1 N–H and O–H groups in total. The topological polar surface area (TPSA) is 50.2 Å². The second-order valence-corrected chi connectivity index (χ2v) is 8.01. The lowest BCUT2D eigenvalue weighted by Gasteiger charge is -2.28. The molecule has 4 aromatic rings. The molecule has 0 aliphatic carbocycles. The number of hydrogen-bond donors (Lipinski definition) is 1. The van der Waals surface area contributed by atoms with E-state index in [0.29, 0.717) is 6.42 Å². The standard InChI is InChI=1S/C26H26N4O/c1-19-8-5-6-9-20(19)18-23-24(26(31)29-16-14-27-15-17-29)22-12-7-13-28-25(22)30(23)21-10-3-2-4-11-21/h2-13,27H,14-18H2,1H3. The Morgan fingerprint density at radius 1 is 0.968 bits per heavy atom. The Hall–Kier alpha value is -3.44. The zero-order valence-electron chi connectivity index (χ0n) is 17.7. The summed E-state index contributed by atoms with van der Waals surface area (Å²) in [5.41, 5.74) is 6.07. The number of aromatic nitrogens is 2. The van der Waals surface area contributed by atoms with Gasteiger partial charge in [-0.15, -0.1) is 0 Å². The SMILES string of the molecule is Cc1ccccc1Cc1c(C(=O)N2CCNCC2)c2cccnc2n1-c1ccccc1. The van der Waals surface area contributed by atoms with Gasteiger partial charge in [0.2, 0.25) is 0 Å². The van der Waals surface area contributed by atoms with Crippen molar-refractivity contribution in [3.63, 3.8) is 0 Å². The van der Waals surface area contributed by atoms with Crippen molar-refractivity contribution in [1.82, 2.24) is 19.8 Å². The van der Waals surface area contributed by atoms with E-state index >= 15 is 0 Å². The molecular weight excluding hydrogens is 384 g/mol. The third-order valence-electron chi connectivity index (χ3n) is 6.08. The van der Waals surface area contributed by atoms with Gasteiger partial charge in [0.15, 0.2) is 0 Å². The van der Waals surface area contributed by atoms with Gasteiger partial charge in [0, 0.05) is 55.6 Å². The van der Waals surface area contributed by atoms with Crippen molar-refractivity contribution in [2.75, 3.05) is 26.2 Å². The van der Waals surface area contributed by atoms with Crippen molar-refractivity contribution in [2.24, 2.45) is 0 Å². The zero-order valence-corrected chi connectivity index (χ0v) is 17.7. The van der Waals surface area contributed by atoms with Crippen LogP contribution in [-0.4, -0.2) is 46.5 Å². The molecule has 2 aromatic carbocycles. The van der Waals surface area contributed by atoms with Gasteiger partial charge >= 0.3 is 0 Å². The zero-order chi connectivity index (χ0) is 21.2. The number of rotatable bonds is 4. The highest BCUT2D eigenvalue weighted by molar-refractivity contribution is 6.08. The highest BCUT2D eigenvalue weighted by Gasteiger charge is 2.28. The molecule has 0 bridgehead atoms. The number of piperazine rings is 1. The molecule has 0 spiro atoms. The number of pyridine rings is 1. The number of fused-ring (bicyclic) bond motifs is 1. The van der Waals surface area contributed by atoms with Gasteiger partial charge in [-0.1, -0.05) is 42.5 Å². The Balaban J connectivity index is 1.76. The van der Waals surface area contributed by atoms with Crippen LogP contribution in [0, 0.1) is 6.92 Å². The predicted molar refractivity (Wildman–Crippen MR) is 124 cm³/mol. The Bertz CT molecular complexity index is 1220. The Labute approximate surface area is 182 Å². The molecule has 0 unspecified atom stereocenters. The van der Waals surface area contributed by atoms with Gasteiger partial charge in [0.05, 0.1) is 5.56 Å². The molecule has 1 saturated heterocycles. The normalized spacial score (nSPS) is 14.2. The van der Waals surface area contributed by atoms with Crippen LogP contribution in [-0.2, 0) is 6.42 Å². The first-order valence-corrected chi connectivity index (χ1v) is 10.8. The molecule has 3 heterocycles. The first-order valence-electron chi connectivity index (χ1n) is 10.8. The molecule has 5 heteroatoms. The van der Waals surface area contributed by atoms with Crippen molar-refractivity contribution in [1.29, 1.82) is 0 Å². The van der Waals surface area contributed by atoms with Crippen LogP contribution in [0.4, 0.5) is 0 Å². The van der Waals surface area contributed by atoms with Gasteiger partial charge in [-0.05, 0) is 42.3 Å². The molecule has 1 aliphatic heterocycles. The quantitative estimate of drug-likeness (QED) is 0.554. The van der Waals surface area contributed by atoms with Crippen LogP contribution in [0.2, 0.25) is 0 Å². The first kappa shape index (κ1) is 19.5. The van der Waals surface area contributed by atoms with E-state index in [1.54, 1.807) is 6.20 Å². The Morgan fingerprint density at radius 3 is 2.48 bits per heavy atom. The third kappa shape index (κ3) is 3.62. The average molecular weight is 411 g/mol. The van der Waals surface area contributed by atoms with Gasteiger partial charge in [-0.25, -0.2) is 4.98 Å². The van der Waals surface area contributed by atoms with E-state index in [2.05, 4.69) is 53.2 Å². The number of carbonyl (C=O) groups excluding carboxylic acids is 1. The number of benzene rings is 2. The summed E-state index contributed by atoms with van der Waals surface area (Å²) in [6, 6.07) is 22.6. The number of nitrogens with one attached hydrogen (secondary N) is 1. The summed E-state index contributed by atoms with van der Waals surface area (Å²) in [6.45, 7) is 5.23. The number of para-hydroxylation sites is 1. The van der Waals surface area contributed by atoms with E-state index in [1.165, 1.54) is 11.1 Å². The fourth-order valence-electron chi connectivity index (χ4n) is 4.44. The van der Waals surface area contributed by atoms with Crippen LogP contribution in [0.5, 0.6) is 0 Å². The van der Waals surface area contributed by atoms with Crippen molar-refractivity contribution in [3.05, 3.63) is 95.3 Å². The van der Waals surface area contributed by atoms with E-state index in [4.69, 9.17) is 4.98 Å². The summed E-state index contributed by atoms with van der Waals surface area (Å²) in [7, 11) is 0. The number of aryl methyl sites for hydroxylation is 1. The largest absolute Gasteiger partial charge is 0.336 e. The molecule has 31 heavy (non-hydrogen) atoms. The molecule has 5 rings (SSSR count). The molecule has 0 atom stereocenters. The van der Waals surface area contributed by atoms with Crippen molar-refractivity contribution in [3.8, 4) is 5.69 Å². The molecular formula is C26H26N4O. The lowest BCUT2D eigenvalue weighted by Crippen LogP contribution is -2.46. The first-order chi connectivity index (χ1) is 15.2. The number of nitrogens with zero attached hydrogens (tertiary/aromatic N) is 3. The number of hydrogen-bond acceptors (Lipinski definition) is 3. The molecule has 1 aliphatic rings. The Morgan fingerprint density at radius 2 is 1.71 bits per heavy atom. The van der Waals surface area contributed by atoms with Crippen LogP contribution in [0.1, 0.15) is 27.2 Å². The minimum absolute atomic E-state index is 0.0952.